The molecule has 33 heavy (non-hydrogen) atoms. The van der Waals surface area contributed by atoms with Crippen molar-refractivity contribution in [2.24, 2.45) is 0 Å². The molecule has 1 atom stereocenters. The summed E-state index contributed by atoms with van der Waals surface area (Å²) >= 11 is 0. The van der Waals surface area contributed by atoms with Crippen molar-refractivity contribution >= 4 is 23.3 Å². The molecule has 0 heterocycles. The first kappa shape index (κ1) is 23.3. The van der Waals surface area contributed by atoms with Gasteiger partial charge in [0, 0.05) is 11.6 Å². The molecular formula is C23H18F2N2O6. The number of halogens is 2. The first-order chi connectivity index (χ1) is 15.8. The number of para-hydroxylation sites is 1. The minimum Gasteiger partial charge on any atom is -0.444 e. The minimum atomic E-state index is -3.17. The number of carbonyl (C=O) groups is 2. The third-order valence-electron chi connectivity index (χ3n) is 4.50. The Morgan fingerprint density at radius 1 is 1.00 bits per heavy atom. The second-order valence-corrected chi connectivity index (χ2v) is 6.84. The van der Waals surface area contributed by atoms with E-state index in [1.165, 1.54) is 42.5 Å². The largest absolute Gasteiger partial charge is 0.444 e. The van der Waals surface area contributed by atoms with Crippen molar-refractivity contribution in [2.75, 3.05) is 5.32 Å². The van der Waals surface area contributed by atoms with Crippen LogP contribution < -0.4 is 10.1 Å². The van der Waals surface area contributed by atoms with Gasteiger partial charge in [0.1, 0.15) is 17.0 Å². The lowest BCUT2D eigenvalue weighted by Crippen LogP contribution is -2.26. The molecule has 0 fully saturated rings. The highest BCUT2D eigenvalue weighted by molar-refractivity contribution is 6.00. The maximum atomic E-state index is 13.0. The molecule has 0 aliphatic heterocycles. The van der Waals surface area contributed by atoms with E-state index in [0.717, 1.165) is 6.07 Å². The predicted molar refractivity (Wildman–Crippen MR) is 114 cm³/mol. The number of nitrogens with zero attached hydrogens (tertiary/aromatic N) is 1. The van der Waals surface area contributed by atoms with Crippen LogP contribution in [0, 0.1) is 17.0 Å². The molecule has 1 amide bonds. The van der Waals surface area contributed by atoms with Crippen molar-refractivity contribution < 1.29 is 32.8 Å². The van der Waals surface area contributed by atoms with Crippen LogP contribution in [-0.2, 0) is 9.53 Å². The number of esters is 1. The van der Waals surface area contributed by atoms with Crippen LogP contribution in [0.1, 0.15) is 27.6 Å². The van der Waals surface area contributed by atoms with E-state index in [1.54, 1.807) is 31.2 Å². The average Bonchev–Trinajstić information content (AvgIpc) is 2.78. The van der Waals surface area contributed by atoms with Crippen LogP contribution in [0.2, 0.25) is 0 Å². The van der Waals surface area contributed by atoms with E-state index in [9.17, 15) is 28.5 Å². The van der Waals surface area contributed by atoms with Crippen LogP contribution in [0.4, 0.5) is 20.2 Å². The lowest BCUT2D eigenvalue weighted by atomic mass is 10.1. The summed E-state index contributed by atoms with van der Waals surface area (Å²) in [6.07, 6.45) is -1.53. The van der Waals surface area contributed by atoms with Gasteiger partial charge in [-0.1, -0.05) is 48.5 Å². The molecule has 0 aromatic heterocycles. The monoisotopic (exact) mass is 456 g/mol. The van der Waals surface area contributed by atoms with E-state index >= 15 is 0 Å². The number of ether oxygens (including phenoxy) is 2. The Morgan fingerprint density at radius 3 is 2.33 bits per heavy atom. The second-order valence-electron chi connectivity index (χ2n) is 6.84. The van der Waals surface area contributed by atoms with Gasteiger partial charge in [-0.3, -0.25) is 14.9 Å². The maximum absolute atomic E-state index is 13.0. The quantitative estimate of drug-likeness (QED) is 0.289. The number of hydrogen-bond acceptors (Lipinski definition) is 6. The summed E-state index contributed by atoms with van der Waals surface area (Å²) in [7, 11) is 0. The van der Waals surface area contributed by atoms with E-state index < -0.39 is 35.3 Å². The summed E-state index contributed by atoms with van der Waals surface area (Å²) in [4.78, 5) is 36.5. The van der Waals surface area contributed by atoms with Crippen molar-refractivity contribution in [1.82, 2.24) is 0 Å². The van der Waals surface area contributed by atoms with E-state index in [1.807, 2.05) is 0 Å². The van der Waals surface area contributed by atoms with E-state index in [0.29, 0.717) is 5.56 Å². The van der Waals surface area contributed by atoms with Gasteiger partial charge in [-0.15, -0.1) is 0 Å². The summed E-state index contributed by atoms with van der Waals surface area (Å²) < 4.78 is 35.1. The molecule has 0 spiro atoms. The SMILES string of the molecule is Cc1ccc(NC(=O)C(OC(=O)c2ccccc2OC(F)F)c2ccccc2)c([N+](=O)[O-])c1. The zero-order chi connectivity index (χ0) is 24.0. The molecule has 170 valence electrons. The number of aryl methyl sites for hydroxylation is 1. The van der Waals surface area contributed by atoms with Gasteiger partial charge in [-0.05, 0) is 30.7 Å². The molecule has 0 saturated heterocycles. The highest BCUT2D eigenvalue weighted by atomic mass is 19.3. The summed E-state index contributed by atoms with van der Waals surface area (Å²) in [6, 6.07) is 17.3. The van der Waals surface area contributed by atoms with Gasteiger partial charge < -0.3 is 14.8 Å². The molecule has 8 nitrogen and oxygen atoms in total. The Labute approximate surface area is 186 Å². The fourth-order valence-corrected chi connectivity index (χ4v) is 3.00. The zero-order valence-electron chi connectivity index (χ0n) is 17.2. The molecule has 0 radical (unpaired) electrons. The number of carbonyl (C=O) groups excluding carboxylic acids is 2. The van der Waals surface area contributed by atoms with Crippen molar-refractivity contribution in [1.29, 1.82) is 0 Å². The lowest BCUT2D eigenvalue weighted by Gasteiger charge is -2.19. The summed E-state index contributed by atoms with van der Waals surface area (Å²) in [6.45, 7) is -1.51. The van der Waals surface area contributed by atoms with Gasteiger partial charge in [0.2, 0.25) is 6.10 Å². The normalized spacial score (nSPS) is 11.5. The van der Waals surface area contributed by atoms with Crippen LogP contribution in [0.5, 0.6) is 5.75 Å². The molecule has 0 aliphatic rings. The first-order valence-electron chi connectivity index (χ1n) is 9.62. The molecule has 3 aromatic rings. The van der Waals surface area contributed by atoms with Gasteiger partial charge >= 0.3 is 12.6 Å². The number of amides is 1. The maximum Gasteiger partial charge on any atom is 0.387 e. The van der Waals surface area contributed by atoms with Gasteiger partial charge in [0.05, 0.1) is 4.92 Å². The molecular weight excluding hydrogens is 438 g/mol. The number of nitro groups is 1. The Hall–Kier alpha value is -4.34. The number of benzene rings is 3. The summed E-state index contributed by atoms with van der Waals surface area (Å²) in [5.41, 5.74) is 0.144. The number of rotatable bonds is 8. The molecule has 3 rings (SSSR count). The zero-order valence-corrected chi connectivity index (χ0v) is 17.2. The number of nitrogens with one attached hydrogen (secondary N) is 1. The van der Waals surface area contributed by atoms with Crippen LogP contribution in [0.15, 0.2) is 72.8 Å². The number of hydrogen-bond donors (Lipinski definition) is 1. The van der Waals surface area contributed by atoms with Crippen molar-refractivity contribution in [2.45, 2.75) is 19.6 Å². The Kier molecular flexibility index (Phi) is 7.29. The fraction of sp³-hybridized carbons (Fsp3) is 0.130. The highest BCUT2D eigenvalue weighted by Crippen LogP contribution is 2.29. The fourth-order valence-electron chi connectivity index (χ4n) is 3.00. The third-order valence-corrected chi connectivity index (χ3v) is 4.50. The number of anilines is 1. The van der Waals surface area contributed by atoms with Crippen molar-refractivity contribution in [3.63, 3.8) is 0 Å². The van der Waals surface area contributed by atoms with E-state index in [4.69, 9.17) is 4.74 Å². The average molecular weight is 456 g/mol. The second kappa shape index (κ2) is 10.3. The molecule has 0 aliphatic carbocycles. The highest BCUT2D eigenvalue weighted by Gasteiger charge is 2.29. The van der Waals surface area contributed by atoms with Crippen molar-refractivity contribution in [3.8, 4) is 5.75 Å². The Morgan fingerprint density at radius 2 is 1.67 bits per heavy atom. The third kappa shape index (κ3) is 5.88. The molecule has 1 unspecified atom stereocenters. The first-order valence-corrected chi connectivity index (χ1v) is 9.62. The topological polar surface area (TPSA) is 108 Å². The van der Waals surface area contributed by atoms with Crippen LogP contribution in [0.3, 0.4) is 0 Å². The number of alkyl halides is 2. The van der Waals surface area contributed by atoms with Gasteiger partial charge in [0.25, 0.3) is 11.6 Å². The molecule has 3 aromatic carbocycles. The number of nitro benzene ring substituents is 1. The predicted octanol–water partition coefficient (Wildman–Crippen LogP) is 5.04. The molecule has 10 heteroatoms. The molecule has 0 saturated carbocycles. The van der Waals surface area contributed by atoms with E-state index in [-0.39, 0.29) is 22.5 Å². The molecule has 0 bridgehead atoms. The lowest BCUT2D eigenvalue weighted by molar-refractivity contribution is -0.384. The summed E-state index contributed by atoms with van der Waals surface area (Å²) in [5.74, 6) is -2.37. The van der Waals surface area contributed by atoms with Gasteiger partial charge in [-0.25, -0.2) is 4.79 Å². The van der Waals surface area contributed by atoms with Crippen LogP contribution in [-0.4, -0.2) is 23.4 Å². The summed E-state index contributed by atoms with van der Waals surface area (Å²) in [5, 5.41) is 13.8. The van der Waals surface area contributed by atoms with Crippen LogP contribution in [0.25, 0.3) is 0 Å². The van der Waals surface area contributed by atoms with E-state index in [2.05, 4.69) is 10.1 Å². The minimum absolute atomic E-state index is 0.0889. The standard InChI is InChI=1S/C23H18F2N2O6/c1-14-11-12-17(18(13-14)27(30)31)26-21(28)20(15-7-3-2-4-8-15)33-22(29)16-9-5-6-10-19(16)32-23(24)25/h2-13,20,23H,1H3,(H,26,28). The smallest absolute Gasteiger partial charge is 0.387 e. The molecule has 1 N–H and O–H groups in total. The van der Waals surface area contributed by atoms with Gasteiger partial charge in [-0.2, -0.15) is 8.78 Å². The van der Waals surface area contributed by atoms with Gasteiger partial charge in [0.15, 0.2) is 0 Å². The Balaban J connectivity index is 1.92. The van der Waals surface area contributed by atoms with Crippen molar-refractivity contribution in [3.05, 3.63) is 99.6 Å². The van der Waals surface area contributed by atoms with Crippen LogP contribution >= 0.6 is 0 Å². The Bertz CT molecular complexity index is 1170.